The summed E-state index contributed by atoms with van der Waals surface area (Å²) in [5, 5.41) is 18.2. The number of aromatic nitrogens is 5. The highest BCUT2D eigenvalue weighted by Gasteiger charge is 2.21. The first kappa shape index (κ1) is 22.9. The number of allylic oxidation sites excluding steroid dienone is 7. The van der Waals surface area contributed by atoms with Crippen LogP contribution in [0.1, 0.15) is 18.4 Å². The van der Waals surface area contributed by atoms with Crippen molar-refractivity contribution in [1.29, 1.82) is 0 Å². The smallest absolute Gasteiger partial charge is 0.266 e. The molecule has 4 heterocycles. The number of fused-ring (bicyclic) bond motifs is 2. The topological polar surface area (TPSA) is 103 Å². The summed E-state index contributed by atoms with van der Waals surface area (Å²) in [5.41, 5.74) is 6.47. The summed E-state index contributed by atoms with van der Waals surface area (Å²) in [6.07, 6.45) is 12.3. The average molecular weight is 511 g/mol. The molecule has 3 aromatic heterocycles. The van der Waals surface area contributed by atoms with Gasteiger partial charge in [0.25, 0.3) is 11.8 Å². The molecule has 1 unspecified atom stereocenters. The summed E-state index contributed by atoms with van der Waals surface area (Å²) >= 11 is 0. The minimum Gasteiger partial charge on any atom is -0.415 e. The van der Waals surface area contributed by atoms with Crippen molar-refractivity contribution in [3.63, 3.8) is 0 Å². The quantitative estimate of drug-likeness (QED) is 0.265. The fraction of sp³-hybridized carbons (Fsp3) is 0.0968. The Morgan fingerprint density at radius 2 is 1.46 bits per heavy atom. The zero-order chi connectivity index (χ0) is 26.3. The minimum absolute atomic E-state index is 0.170. The molecule has 7 rings (SSSR count). The van der Waals surface area contributed by atoms with Gasteiger partial charge in [0.05, 0.1) is 11.2 Å². The predicted octanol–water partition coefficient (Wildman–Crippen LogP) is 6.69. The SMILES string of the molecule is CC1=CC2C=CC=CC(=C2)N=C1c1nnc(-c2cccc(-c3nnc(-c4nc5ccccc5cc4C)o3)c2)o1. The molecule has 1 aliphatic heterocycles. The highest BCUT2D eigenvalue weighted by atomic mass is 16.4. The number of hydrogen-bond acceptors (Lipinski definition) is 8. The Labute approximate surface area is 223 Å². The van der Waals surface area contributed by atoms with E-state index in [1.54, 1.807) is 0 Å². The third-order valence-corrected chi connectivity index (χ3v) is 6.66. The van der Waals surface area contributed by atoms with Crippen LogP contribution in [0.15, 0.2) is 116 Å². The molecule has 188 valence electrons. The normalized spacial score (nSPS) is 16.5. The molecule has 1 atom stereocenters. The maximum atomic E-state index is 6.10. The number of hydrogen-bond donors (Lipinski definition) is 0. The van der Waals surface area contributed by atoms with E-state index in [0.717, 1.165) is 38.9 Å². The van der Waals surface area contributed by atoms with Crippen LogP contribution in [0.25, 0.3) is 45.4 Å². The zero-order valence-electron chi connectivity index (χ0n) is 21.2. The van der Waals surface area contributed by atoms with Crippen LogP contribution in [0.3, 0.4) is 0 Å². The number of para-hydroxylation sites is 1. The summed E-state index contributed by atoms with van der Waals surface area (Å²) in [5.74, 6) is 1.66. The highest BCUT2D eigenvalue weighted by molar-refractivity contribution is 6.10. The number of aryl methyl sites for hydroxylation is 1. The fourth-order valence-corrected chi connectivity index (χ4v) is 4.73. The largest absolute Gasteiger partial charge is 0.415 e. The molecule has 0 fully saturated rings. The van der Waals surface area contributed by atoms with Crippen molar-refractivity contribution in [3.8, 4) is 34.5 Å². The molecule has 0 N–H and O–H groups in total. The van der Waals surface area contributed by atoms with E-state index in [1.165, 1.54) is 0 Å². The second-order valence-corrected chi connectivity index (χ2v) is 9.48. The van der Waals surface area contributed by atoms with Crippen molar-refractivity contribution in [2.24, 2.45) is 10.9 Å². The molecule has 0 saturated carbocycles. The van der Waals surface area contributed by atoms with Gasteiger partial charge in [0, 0.05) is 22.4 Å². The number of pyridine rings is 1. The van der Waals surface area contributed by atoms with Crippen LogP contribution >= 0.6 is 0 Å². The maximum absolute atomic E-state index is 6.10. The molecular weight excluding hydrogens is 488 g/mol. The van der Waals surface area contributed by atoms with E-state index in [-0.39, 0.29) is 5.92 Å². The summed E-state index contributed by atoms with van der Waals surface area (Å²) < 4.78 is 12.2. The monoisotopic (exact) mass is 510 g/mol. The third-order valence-electron chi connectivity index (χ3n) is 6.66. The number of rotatable bonds is 4. The summed E-state index contributed by atoms with van der Waals surface area (Å²) in [6.45, 7) is 3.99. The molecule has 8 nitrogen and oxygen atoms in total. The zero-order valence-corrected chi connectivity index (χ0v) is 21.2. The van der Waals surface area contributed by atoms with Gasteiger partial charge in [0.2, 0.25) is 11.8 Å². The van der Waals surface area contributed by atoms with Gasteiger partial charge in [-0.05, 0) is 67.5 Å². The number of benzene rings is 2. The van der Waals surface area contributed by atoms with E-state index in [1.807, 2.05) is 80.6 Å². The molecule has 2 bridgehead atoms. The molecule has 2 aliphatic rings. The van der Waals surface area contributed by atoms with Gasteiger partial charge in [0.15, 0.2) is 0 Å². The van der Waals surface area contributed by atoms with Crippen LogP contribution in [-0.4, -0.2) is 31.1 Å². The second-order valence-electron chi connectivity index (χ2n) is 9.48. The molecule has 0 amide bonds. The van der Waals surface area contributed by atoms with Gasteiger partial charge >= 0.3 is 0 Å². The van der Waals surface area contributed by atoms with Crippen molar-refractivity contribution in [2.75, 3.05) is 0 Å². The predicted molar refractivity (Wildman–Crippen MR) is 149 cm³/mol. The fourth-order valence-electron chi connectivity index (χ4n) is 4.73. The molecule has 1 aliphatic carbocycles. The van der Waals surface area contributed by atoms with Crippen LogP contribution in [-0.2, 0) is 0 Å². The Kier molecular flexibility index (Phi) is 5.44. The van der Waals surface area contributed by atoms with E-state index >= 15 is 0 Å². The van der Waals surface area contributed by atoms with Gasteiger partial charge in [0.1, 0.15) is 11.4 Å². The van der Waals surface area contributed by atoms with Crippen molar-refractivity contribution in [3.05, 3.63) is 114 Å². The molecule has 39 heavy (non-hydrogen) atoms. The van der Waals surface area contributed by atoms with E-state index in [0.29, 0.717) is 35.0 Å². The minimum atomic E-state index is 0.170. The number of aliphatic imine (C=N–C) groups is 1. The number of nitrogens with zero attached hydrogens (tertiary/aromatic N) is 6. The Hall–Kier alpha value is -5.24. The van der Waals surface area contributed by atoms with Gasteiger partial charge < -0.3 is 8.83 Å². The van der Waals surface area contributed by atoms with Crippen LogP contribution < -0.4 is 0 Å². The van der Waals surface area contributed by atoms with Crippen molar-refractivity contribution >= 4 is 16.6 Å². The lowest BCUT2D eigenvalue weighted by molar-refractivity contribution is 0.558. The van der Waals surface area contributed by atoms with Gasteiger partial charge in [-0.1, -0.05) is 48.6 Å². The standard InChI is InChI=1S/C31H22N6O2/c1-18-14-20-8-3-5-12-24(16-20)32-26(18)30-36-34-28(38-30)22-10-7-11-23(17-22)29-35-37-31(39-29)27-19(2)15-21-9-4-6-13-25(21)33-27/h3-17,20H,1-2H3. The van der Waals surface area contributed by atoms with Crippen LogP contribution in [0.4, 0.5) is 0 Å². The van der Waals surface area contributed by atoms with Crippen molar-refractivity contribution in [1.82, 2.24) is 25.4 Å². The van der Waals surface area contributed by atoms with Crippen molar-refractivity contribution < 1.29 is 8.83 Å². The van der Waals surface area contributed by atoms with Crippen LogP contribution in [0.5, 0.6) is 0 Å². The van der Waals surface area contributed by atoms with E-state index in [2.05, 4.69) is 44.7 Å². The van der Waals surface area contributed by atoms with Gasteiger partial charge in [-0.25, -0.2) is 9.98 Å². The molecule has 0 spiro atoms. The molecule has 5 aromatic rings. The molecule has 0 radical (unpaired) electrons. The Morgan fingerprint density at radius 1 is 0.718 bits per heavy atom. The van der Waals surface area contributed by atoms with Crippen LogP contribution in [0.2, 0.25) is 0 Å². The maximum Gasteiger partial charge on any atom is 0.266 e. The first-order valence-electron chi connectivity index (χ1n) is 12.6. The Balaban J connectivity index is 1.19. The third kappa shape index (κ3) is 4.31. The second kappa shape index (κ2) is 9.25. The van der Waals surface area contributed by atoms with Gasteiger partial charge in [-0.15, -0.1) is 20.4 Å². The van der Waals surface area contributed by atoms with Crippen LogP contribution in [0, 0.1) is 12.8 Å². The molecule has 8 heteroatoms. The van der Waals surface area contributed by atoms with Crippen molar-refractivity contribution in [2.45, 2.75) is 13.8 Å². The first-order chi connectivity index (χ1) is 19.1. The lowest BCUT2D eigenvalue weighted by Crippen LogP contribution is -2.04. The van der Waals surface area contributed by atoms with E-state index in [9.17, 15) is 0 Å². The lowest BCUT2D eigenvalue weighted by Gasteiger charge is -2.03. The molecule has 0 saturated heterocycles. The summed E-state index contributed by atoms with van der Waals surface area (Å²) in [4.78, 5) is 9.53. The lowest BCUT2D eigenvalue weighted by atomic mass is 10.0. The molecular formula is C31H22N6O2. The summed E-state index contributed by atoms with van der Waals surface area (Å²) in [7, 11) is 0. The van der Waals surface area contributed by atoms with E-state index < -0.39 is 0 Å². The molecule has 2 aromatic carbocycles. The Morgan fingerprint density at radius 3 is 2.31 bits per heavy atom. The summed E-state index contributed by atoms with van der Waals surface area (Å²) in [6, 6.07) is 17.6. The van der Waals surface area contributed by atoms with E-state index in [4.69, 9.17) is 18.8 Å². The highest BCUT2D eigenvalue weighted by Crippen LogP contribution is 2.30. The van der Waals surface area contributed by atoms with Gasteiger partial charge in [-0.3, -0.25) is 0 Å². The average Bonchev–Trinajstić information content (AvgIpc) is 3.56. The first-order valence-corrected chi connectivity index (χ1v) is 12.6. The Bertz CT molecular complexity index is 1900. The van der Waals surface area contributed by atoms with Gasteiger partial charge in [-0.2, -0.15) is 0 Å².